The first-order chi connectivity index (χ1) is 19.5. The molecule has 0 aliphatic heterocycles. The zero-order valence-corrected chi connectivity index (χ0v) is 24.1. The molecule has 0 aliphatic rings. The molecule has 0 aromatic heterocycles. The third-order valence-electron chi connectivity index (χ3n) is 6.71. The van der Waals surface area contributed by atoms with Gasteiger partial charge in [0.25, 0.3) is 0 Å². The minimum absolute atomic E-state index is 0.130. The Morgan fingerprint density at radius 2 is 1.18 bits per heavy atom. The van der Waals surface area contributed by atoms with Crippen LogP contribution in [0.4, 0.5) is 11.4 Å². The molecule has 0 heterocycles. The van der Waals surface area contributed by atoms with E-state index in [0.29, 0.717) is 22.6 Å². The van der Waals surface area contributed by atoms with Gasteiger partial charge in [-0.3, -0.25) is 0 Å². The highest BCUT2D eigenvalue weighted by atomic mass is 16.5. The van der Waals surface area contributed by atoms with Crippen molar-refractivity contribution in [1.29, 1.82) is 0 Å². The molecule has 0 fully saturated rings. The fraction of sp³-hybridized carbons (Fsp3) is 0.412. The maximum absolute atomic E-state index is 12.6. The molecule has 0 amide bonds. The maximum atomic E-state index is 12.6. The Morgan fingerprint density at radius 3 is 1.77 bits per heavy atom. The lowest BCUT2D eigenvalue weighted by Crippen LogP contribution is -2.15. The number of nitrogens with zero attached hydrogens (tertiary/aromatic N) is 2. The lowest BCUT2D eigenvalue weighted by Gasteiger charge is -2.13. The molecule has 0 aliphatic carbocycles. The largest absolute Gasteiger partial charge is 0.459 e. The van der Waals surface area contributed by atoms with Crippen LogP contribution in [0.3, 0.4) is 0 Å². The van der Waals surface area contributed by atoms with Gasteiger partial charge in [0.15, 0.2) is 0 Å². The van der Waals surface area contributed by atoms with Crippen LogP contribution in [0.5, 0.6) is 5.75 Å². The Kier molecular flexibility index (Phi) is 13.1. The topological polar surface area (TPSA) is 77.3 Å². The van der Waals surface area contributed by atoms with Gasteiger partial charge >= 0.3 is 11.9 Å². The SMILES string of the molecule is CCCCCCc1ccc(N=Nc2ccc(C(=O)Oc3ccc(C(=O)O[C@@H](C)CCCCCC)cc3)cc2)cc1. The van der Waals surface area contributed by atoms with Crippen LogP contribution in [-0.4, -0.2) is 18.0 Å². The van der Waals surface area contributed by atoms with Gasteiger partial charge in [-0.15, -0.1) is 0 Å². The van der Waals surface area contributed by atoms with E-state index in [1.807, 2.05) is 19.1 Å². The molecule has 6 heteroatoms. The van der Waals surface area contributed by atoms with E-state index in [4.69, 9.17) is 9.47 Å². The average Bonchev–Trinajstić information content (AvgIpc) is 2.97. The molecule has 0 bridgehead atoms. The second kappa shape index (κ2) is 17.0. The number of aryl methyl sites for hydroxylation is 1. The van der Waals surface area contributed by atoms with E-state index in [2.05, 4.69) is 36.2 Å². The molecular weight excluding hydrogens is 500 g/mol. The van der Waals surface area contributed by atoms with Crippen molar-refractivity contribution in [2.24, 2.45) is 10.2 Å². The van der Waals surface area contributed by atoms with E-state index in [9.17, 15) is 9.59 Å². The first-order valence-corrected chi connectivity index (χ1v) is 14.6. The summed E-state index contributed by atoms with van der Waals surface area (Å²) in [6.07, 6.45) is 11.4. The summed E-state index contributed by atoms with van der Waals surface area (Å²) in [5.74, 6) is -0.509. The number of hydrogen-bond acceptors (Lipinski definition) is 6. The van der Waals surface area contributed by atoms with Gasteiger partial charge in [0.05, 0.1) is 28.6 Å². The molecule has 0 saturated heterocycles. The number of esters is 2. The molecule has 3 rings (SSSR count). The van der Waals surface area contributed by atoms with Crippen LogP contribution in [0.25, 0.3) is 0 Å². The number of ether oxygens (including phenoxy) is 2. The summed E-state index contributed by atoms with van der Waals surface area (Å²) in [4.78, 5) is 25.0. The van der Waals surface area contributed by atoms with Crippen molar-refractivity contribution in [2.45, 2.75) is 91.1 Å². The monoisotopic (exact) mass is 542 g/mol. The molecular formula is C34H42N2O4. The van der Waals surface area contributed by atoms with Crippen LogP contribution in [0.1, 0.15) is 105 Å². The van der Waals surface area contributed by atoms with Crippen molar-refractivity contribution in [3.05, 3.63) is 89.5 Å². The first-order valence-electron chi connectivity index (χ1n) is 14.6. The molecule has 6 nitrogen and oxygen atoms in total. The summed E-state index contributed by atoms with van der Waals surface area (Å²) in [7, 11) is 0. The van der Waals surface area contributed by atoms with Gasteiger partial charge in [-0.25, -0.2) is 9.59 Å². The van der Waals surface area contributed by atoms with E-state index in [1.54, 1.807) is 48.5 Å². The van der Waals surface area contributed by atoms with Crippen LogP contribution in [0, 0.1) is 0 Å². The Hall–Kier alpha value is -3.80. The van der Waals surface area contributed by atoms with E-state index in [1.165, 1.54) is 44.1 Å². The van der Waals surface area contributed by atoms with Gasteiger partial charge in [-0.1, -0.05) is 64.5 Å². The van der Waals surface area contributed by atoms with Crippen LogP contribution in [0.15, 0.2) is 83.0 Å². The van der Waals surface area contributed by atoms with Gasteiger partial charge in [-0.2, -0.15) is 10.2 Å². The average molecular weight is 543 g/mol. The summed E-state index contributed by atoms with van der Waals surface area (Å²) in [6.45, 7) is 6.31. The number of azo groups is 1. The number of rotatable bonds is 16. The molecule has 0 radical (unpaired) electrons. The lowest BCUT2D eigenvalue weighted by atomic mass is 10.1. The lowest BCUT2D eigenvalue weighted by molar-refractivity contribution is 0.0319. The molecule has 40 heavy (non-hydrogen) atoms. The molecule has 1 atom stereocenters. The van der Waals surface area contributed by atoms with Gasteiger partial charge < -0.3 is 9.47 Å². The van der Waals surface area contributed by atoms with Crippen LogP contribution >= 0.6 is 0 Å². The van der Waals surface area contributed by atoms with Crippen molar-refractivity contribution in [2.75, 3.05) is 0 Å². The number of carbonyl (C=O) groups excluding carboxylic acids is 2. The van der Waals surface area contributed by atoms with Crippen LogP contribution in [-0.2, 0) is 11.2 Å². The van der Waals surface area contributed by atoms with Crippen molar-refractivity contribution in [1.82, 2.24) is 0 Å². The first kappa shape index (κ1) is 30.7. The molecule has 0 unspecified atom stereocenters. The zero-order valence-electron chi connectivity index (χ0n) is 24.1. The predicted molar refractivity (Wildman–Crippen MR) is 160 cm³/mol. The number of hydrogen-bond donors (Lipinski definition) is 0. The fourth-order valence-corrected chi connectivity index (χ4v) is 4.26. The third kappa shape index (κ3) is 10.8. The third-order valence-corrected chi connectivity index (χ3v) is 6.71. The van der Waals surface area contributed by atoms with Crippen molar-refractivity contribution < 1.29 is 19.1 Å². The smallest absolute Gasteiger partial charge is 0.343 e. The van der Waals surface area contributed by atoms with Crippen molar-refractivity contribution >= 4 is 23.3 Å². The summed E-state index contributed by atoms with van der Waals surface area (Å²) in [6, 6.07) is 21.3. The Labute approximate surface area is 238 Å². The van der Waals surface area contributed by atoms with E-state index < -0.39 is 5.97 Å². The number of unbranched alkanes of at least 4 members (excludes halogenated alkanes) is 6. The van der Waals surface area contributed by atoms with Gasteiger partial charge in [0.1, 0.15) is 5.75 Å². The minimum Gasteiger partial charge on any atom is -0.459 e. The van der Waals surface area contributed by atoms with Crippen LogP contribution < -0.4 is 4.74 Å². The summed E-state index contributed by atoms with van der Waals surface area (Å²) < 4.78 is 11.0. The summed E-state index contributed by atoms with van der Waals surface area (Å²) >= 11 is 0. The van der Waals surface area contributed by atoms with Gasteiger partial charge in [0, 0.05) is 0 Å². The van der Waals surface area contributed by atoms with Crippen molar-refractivity contribution in [3.8, 4) is 5.75 Å². The van der Waals surface area contributed by atoms with Gasteiger partial charge in [0.2, 0.25) is 0 Å². The standard InChI is InChI=1S/C34H42N2O4/c1-4-6-8-10-12-26(3)39-33(37)29-18-24-32(25-19-29)40-34(38)28-16-22-31(23-17-28)36-35-30-20-14-27(15-21-30)13-11-9-7-5-2/h14-26H,4-13H2,1-3H3/t26-/m0/s1. The van der Waals surface area contributed by atoms with E-state index in [-0.39, 0.29) is 12.1 Å². The van der Waals surface area contributed by atoms with E-state index >= 15 is 0 Å². The van der Waals surface area contributed by atoms with Crippen molar-refractivity contribution in [3.63, 3.8) is 0 Å². The Balaban J connectivity index is 1.46. The maximum Gasteiger partial charge on any atom is 0.343 e. The molecule has 3 aromatic carbocycles. The Morgan fingerprint density at radius 1 is 0.650 bits per heavy atom. The molecule has 0 spiro atoms. The number of carbonyl (C=O) groups is 2. The molecule has 212 valence electrons. The highest BCUT2D eigenvalue weighted by Crippen LogP contribution is 2.21. The van der Waals surface area contributed by atoms with Crippen LogP contribution in [0.2, 0.25) is 0 Å². The fourth-order valence-electron chi connectivity index (χ4n) is 4.26. The minimum atomic E-state index is -0.492. The molecule has 0 saturated carbocycles. The highest BCUT2D eigenvalue weighted by Gasteiger charge is 2.13. The quantitative estimate of drug-likeness (QED) is 0.0781. The number of benzene rings is 3. The summed E-state index contributed by atoms with van der Waals surface area (Å²) in [5, 5.41) is 8.58. The van der Waals surface area contributed by atoms with E-state index in [0.717, 1.165) is 31.4 Å². The predicted octanol–water partition coefficient (Wildman–Crippen LogP) is 9.96. The second-order valence-electron chi connectivity index (χ2n) is 10.2. The summed E-state index contributed by atoms with van der Waals surface area (Å²) in [5.41, 5.74) is 3.57. The molecule has 0 N–H and O–H groups in total. The van der Waals surface area contributed by atoms with Gasteiger partial charge in [-0.05, 0) is 98.8 Å². The normalized spacial score (nSPS) is 11.9. The highest BCUT2D eigenvalue weighted by molar-refractivity contribution is 5.92. The Bertz CT molecular complexity index is 1200. The second-order valence-corrected chi connectivity index (χ2v) is 10.2. The molecule has 3 aromatic rings. The zero-order chi connectivity index (χ0) is 28.6.